The number of hydrogen-bond donors (Lipinski definition) is 1. The Balaban J connectivity index is 1.69. The van der Waals surface area contributed by atoms with Gasteiger partial charge in [0.2, 0.25) is 0 Å². The van der Waals surface area contributed by atoms with Crippen molar-refractivity contribution in [2.24, 2.45) is 17.1 Å². The van der Waals surface area contributed by atoms with Gasteiger partial charge < -0.3 is 10.5 Å². The van der Waals surface area contributed by atoms with Crippen LogP contribution in [0.4, 0.5) is 0 Å². The first-order valence-corrected chi connectivity index (χ1v) is 7.44. The molecule has 1 saturated carbocycles. The van der Waals surface area contributed by atoms with Crippen molar-refractivity contribution in [3.63, 3.8) is 0 Å². The Morgan fingerprint density at radius 3 is 2.76 bits per heavy atom. The molecule has 0 spiro atoms. The molecule has 0 aromatic heterocycles. The fourth-order valence-electron chi connectivity index (χ4n) is 3.55. The normalized spacial score (nSPS) is 37.2. The van der Waals surface area contributed by atoms with Crippen molar-refractivity contribution in [1.82, 2.24) is 0 Å². The first-order chi connectivity index (χ1) is 8.07. The van der Waals surface area contributed by atoms with E-state index in [2.05, 4.69) is 13.8 Å². The van der Waals surface area contributed by atoms with E-state index in [1.165, 1.54) is 51.4 Å². The zero-order valence-corrected chi connectivity index (χ0v) is 11.6. The van der Waals surface area contributed by atoms with Crippen LogP contribution in [0.2, 0.25) is 0 Å². The first kappa shape index (κ1) is 13.4. The van der Waals surface area contributed by atoms with Gasteiger partial charge >= 0.3 is 0 Å². The van der Waals surface area contributed by atoms with Gasteiger partial charge in [-0.05, 0) is 56.3 Å². The monoisotopic (exact) mass is 239 g/mol. The Morgan fingerprint density at radius 1 is 1.24 bits per heavy atom. The quantitative estimate of drug-likeness (QED) is 0.815. The summed E-state index contributed by atoms with van der Waals surface area (Å²) < 4.78 is 5.68. The molecule has 2 N–H and O–H groups in total. The molecule has 0 aromatic carbocycles. The van der Waals surface area contributed by atoms with E-state index >= 15 is 0 Å². The maximum atomic E-state index is 6.26. The van der Waals surface area contributed by atoms with Crippen molar-refractivity contribution >= 4 is 0 Å². The van der Waals surface area contributed by atoms with E-state index in [4.69, 9.17) is 10.5 Å². The Hall–Kier alpha value is -0.0800. The van der Waals surface area contributed by atoms with Crippen LogP contribution in [0.5, 0.6) is 0 Å². The maximum Gasteiger partial charge on any atom is 0.0576 e. The molecule has 2 nitrogen and oxygen atoms in total. The lowest BCUT2D eigenvalue weighted by Gasteiger charge is -2.39. The molecule has 0 radical (unpaired) electrons. The highest BCUT2D eigenvalue weighted by Gasteiger charge is 2.32. The minimum absolute atomic E-state index is 0.451. The van der Waals surface area contributed by atoms with Gasteiger partial charge in [-0.15, -0.1) is 0 Å². The molecule has 1 aliphatic carbocycles. The summed E-state index contributed by atoms with van der Waals surface area (Å²) in [6, 6.07) is 0.451. The van der Waals surface area contributed by atoms with Gasteiger partial charge in [0.05, 0.1) is 6.10 Å². The van der Waals surface area contributed by atoms with Gasteiger partial charge in [-0.25, -0.2) is 0 Å². The van der Waals surface area contributed by atoms with Gasteiger partial charge in [-0.1, -0.05) is 20.3 Å². The molecule has 3 unspecified atom stereocenters. The number of hydrogen-bond acceptors (Lipinski definition) is 2. The smallest absolute Gasteiger partial charge is 0.0576 e. The lowest BCUT2D eigenvalue weighted by Crippen LogP contribution is -2.39. The standard InChI is InChI=1S/C15H29NO/c1-15(2)9-8-14(16)12(11-15)5-3-6-13-7-4-10-17-13/h12-14H,3-11,16H2,1-2H3. The van der Waals surface area contributed by atoms with Crippen LogP contribution < -0.4 is 5.73 Å². The molecule has 17 heavy (non-hydrogen) atoms. The SMILES string of the molecule is CC1(C)CCC(N)C(CCCC2CCCO2)C1. The van der Waals surface area contributed by atoms with Crippen molar-refractivity contribution in [3.05, 3.63) is 0 Å². The van der Waals surface area contributed by atoms with Gasteiger partial charge in [-0.3, -0.25) is 0 Å². The van der Waals surface area contributed by atoms with Crippen LogP contribution in [0.1, 0.15) is 65.2 Å². The third-order valence-corrected chi connectivity index (χ3v) is 4.70. The lowest BCUT2D eigenvalue weighted by molar-refractivity contribution is 0.0953. The van der Waals surface area contributed by atoms with Gasteiger partial charge in [0.1, 0.15) is 0 Å². The Kier molecular flexibility index (Phi) is 4.48. The summed E-state index contributed by atoms with van der Waals surface area (Å²) in [6.45, 7) is 5.78. The molecule has 1 heterocycles. The Bertz CT molecular complexity index is 233. The molecular weight excluding hydrogens is 210 g/mol. The summed E-state index contributed by atoms with van der Waals surface area (Å²) >= 11 is 0. The number of rotatable bonds is 4. The predicted molar refractivity (Wildman–Crippen MR) is 71.9 cm³/mol. The second-order valence-corrected chi connectivity index (χ2v) is 6.90. The highest BCUT2D eigenvalue weighted by Crippen LogP contribution is 2.40. The third-order valence-electron chi connectivity index (χ3n) is 4.70. The van der Waals surface area contributed by atoms with Gasteiger partial charge in [-0.2, -0.15) is 0 Å². The molecule has 0 aromatic rings. The maximum absolute atomic E-state index is 6.26. The second kappa shape index (κ2) is 5.71. The summed E-state index contributed by atoms with van der Waals surface area (Å²) in [5, 5.41) is 0. The van der Waals surface area contributed by atoms with Gasteiger partial charge in [0.15, 0.2) is 0 Å². The summed E-state index contributed by atoms with van der Waals surface area (Å²) in [5.41, 5.74) is 6.78. The molecule has 3 atom stereocenters. The Labute approximate surface area is 106 Å². The minimum Gasteiger partial charge on any atom is -0.378 e. The van der Waals surface area contributed by atoms with Crippen LogP contribution in [-0.2, 0) is 4.74 Å². The fraction of sp³-hybridized carbons (Fsp3) is 1.00. The highest BCUT2D eigenvalue weighted by molar-refractivity contribution is 4.87. The van der Waals surface area contributed by atoms with Crippen molar-refractivity contribution < 1.29 is 4.74 Å². The average Bonchev–Trinajstić information content (AvgIpc) is 2.76. The van der Waals surface area contributed by atoms with Crippen molar-refractivity contribution in [3.8, 4) is 0 Å². The largest absolute Gasteiger partial charge is 0.378 e. The molecule has 2 fully saturated rings. The fourth-order valence-corrected chi connectivity index (χ4v) is 3.55. The summed E-state index contributed by atoms with van der Waals surface area (Å²) in [5.74, 6) is 0.750. The molecule has 0 bridgehead atoms. The molecular formula is C15H29NO. The third kappa shape index (κ3) is 3.96. The Morgan fingerprint density at radius 2 is 2.06 bits per heavy atom. The van der Waals surface area contributed by atoms with Crippen LogP contribution in [0.25, 0.3) is 0 Å². The molecule has 0 amide bonds. The number of nitrogens with two attached hydrogens (primary N) is 1. The van der Waals surface area contributed by atoms with E-state index in [1.807, 2.05) is 0 Å². The molecule has 1 aliphatic heterocycles. The van der Waals surface area contributed by atoms with Gasteiger partial charge in [0.25, 0.3) is 0 Å². The van der Waals surface area contributed by atoms with Gasteiger partial charge in [0, 0.05) is 12.6 Å². The first-order valence-electron chi connectivity index (χ1n) is 7.44. The van der Waals surface area contributed by atoms with E-state index in [0.29, 0.717) is 17.6 Å². The molecule has 2 rings (SSSR count). The van der Waals surface area contributed by atoms with Crippen LogP contribution in [0.3, 0.4) is 0 Å². The molecule has 100 valence electrons. The van der Waals surface area contributed by atoms with E-state index in [9.17, 15) is 0 Å². The van der Waals surface area contributed by atoms with Crippen LogP contribution in [-0.4, -0.2) is 18.8 Å². The minimum atomic E-state index is 0.451. The van der Waals surface area contributed by atoms with E-state index in [1.54, 1.807) is 0 Å². The lowest BCUT2D eigenvalue weighted by atomic mass is 9.69. The predicted octanol–water partition coefficient (Wildman–Crippen LogP) is 3.49. The van der Waals surface area contributed by atoms with E-state index in [0.717, 1.165) is 12.5 Å². The van der Waals surface area contributed by atoms with Crippen LogP contribution in [0.15, 0.2) is 0 Å². The van der Waals surface area contributed by atoms with Crippen LogP contribution in [0, 0.1) is 11.3 Å². The van der Waals surface area contributed by atoms with Crippen molar-refractivity contribution in [2.75, 3.05) is 6.61 Å². The van der Waals surface area contributed by atoms with E-state index < -0.39 is 0 Å². The second-order valence-electron chi connectivity index (χ2n) is 6.90. The topological polar surface area (TPSA) is 35.2 Å². The van der Waals surface area contributed by atoms with E-state index in [-0.39, 0.29) is 0 Å². The molecule has 2 aliphatic rings. The van der Waals surface area contributed by atoms with Crippen LogP contribution >= 0.6 is 0 Å². The zero-order chi connectivity index (χ0) is 12.3. The summed E-state index contributed by atoms with van der Waals surface area (Å²) in [4.78, 5) is 0. The summed E-state index contributed by atoms with van der Waals surface area (Å²) in [7, 11) is 0. The summed E-state index contributed by atoms with van der Waals surface area (Å²) in [6.07, 6.45) is 10.8. The highest BCUT2D eigenvalue weighted by atomic mass is 16.5. The zero-order valence-electron chi connectivity index (χ0n) is 11.6. The van der Waals surface area contributed by atoms with Crippen molar-refractivity contribution in [1.29, 1.82) is 0 Å². The molecule has 2 heteroatoms. The van der Waals surface area contributed by atoms with Crippen molar-refractivity contribution in [2.45, 2.75) is 77.4 Å². The average molecular weight is 239 g/mol. The number of ether oxygens (including phenoxy) is 1. The molecule has 1 saturated heterocycles.